The topological polar surface area (TPSA) is 117 Å². The van der Waals surface area contributed by atoms with Gasteiger partial charge in [-0.25, -0.2) is 4.79 Å². The SMILES string of the molecule is CNC(=O)Nc1ccccc1-c1ccc(CN2C(=O)C(NC(=O)C(C)(C)N)CC(C)c3ccccc32)cc1. The first-order chi connectivity index (χ1) is 18.1. The summed E-state index contributed by atoms with van der Waals surface area (Å²) in [5.41, 5.74) is 10.3. The van der Waals surface area contributed by atoms with Crippen LogP contribution in [0.15, 0.2) is 72.8 Å². The van der Waals surface area contributed by atoms with E-state index in [0.717, 1.165) is 27.9 Å². The summed E-state index contributed by atoms with van der Waals surface area (Å²) in [6.07, 6.45) is 0.488. The number of carbonyl (C=O) groups excluding carboxylic acids is 3. The summed E-state index contributed by atoms with van der Waals surface area (Å²) in [5.74, 6) is -0.455. The third-order valence-electron chi connectivity index (χ3n) is 6.81. The number of nitrogens with one attached hydrogen (secondary N) is 3. The highest BCUT2D eigenvalue weighted by atomic mass is 16.2. The van der Waals surface area contributed by atoms with Crippen LogP contribution in [0.4, 0.5) is 16.2 Å². The van der Waals surface area contributed by atoms with Crippen LogP contribution in [-0.4, -0.2) is 36.5 Å². The van der Waals surface area contributed by atoms with Gasteiger partial charge in [0.1, 0.15) is 6.04 Å². The van der Waals surface area contributed by atoms with E-state index in [1.165, 1.54) is 0 Å². The summed E-state index contributed by atoms with van der Waals surface area (Å²) in [6.45, 7) is 5.67. The molecule has 2 unspecified atom stereocenters. The molecular weight excluding hydrogens is 478 g/mol. The van der Waals surface area contributed by atoms with Crippen LogP contribution in [0.3, 0.4) is 0 Å². The fourth-order valence-corrected chi connectivity index (χ4v) is 4.67. The summed E-state index contributed by atoms with van der Waals surface area (Å²) in [4.78, 5) is 40.1. The van der Waals surface area contributed by atoms with E-state index in [2.05, 4.69) is 22.9 Å². The van der Waals surface area contributed by atoms with Crippen LogP contribution in [0.1, 0.15) is 44.2 Å². The molecule has 0 aromatic heterocycles. The predicted molar refractivity (Wildman–Crippen MR) is 151 cm³/mol. The van der Waals surface area contributed by atoms with Gasteiger partial charge in [0.15, 0.2) is 0 Å². The minimum absolute atomic E-state index is 0.0676. The second-order valence-corrected chi connectivity index (χ2v) is 10.3. The normalized spacial score (nSPS) is 17.3. The predicted octanol–water partition coefficient (Wildman–Crippen LogP) is 4.37. The molecule has 1 aliphatic rings. The standard InChI is InChI=1S/C30H35N5O3/c1-19-17-25(33-28(37)30(2,3)31)27(36)35(26-12-8-6-9-22(19)26)18-20-13-15-21(16-14-20)23-10-5-7-11-24(23)34-29(38)32-4/h5-16,19,25H,17-18,31H2,1-4H3,(H,33,37)(H2,32,34,38). The molecule has 38 heavy (non-hydrogen) atoms. The van der Waals surface area contributed by atoms with E-state index >= 15 is 0 Å². The van der Waals surface area contributed by atoms with E-state index in [0.29, 0.717) is 18.7 Å². The first-order valence-electron chi connectivity index (χ1n) is 12.8. The van der Waals surface area contributed by atoms with Crippen molar-refractivity contribution in [3.05, 3.63) is 83.9 Å². The van der Waals surface area contributed by atoms with Crippen LogP contribution in [-0.2, 0) is 16.1 Å². The number of anilines is 2. The van der Waals surface area contributed by atoms with Gasteiger partial charge in [-0.05, 0) is 55.0 Å². The zero-order chi connectivity index (χ0) is 27.4. The minimum Gasteiger partial charge on any atom is -0.343 e. The van der Waals surface area contributed by atoms with Crippen molar-refractivity contribution < 1.29 is 14.4 Å². The van der Waals surface area contributed by atoms with Crippen molar-refractivity contribution >= 4 is 29.2 Å². The zero-order valence-corrected chi connectivity index (χ0v) is 22.2. The lowest BCUT2D eigenvalue weighted by Crippen LogP contribution is -2.56. The Hall–Kier alpha value is -4.17. The fourth-order valence-electron chi connectivity index (χ4n) is 4.67. The van der Waals surface area contributed by atoms with E-state index in [1.54, 1.807) is 25.8 Å². The third kappa shape index (κ3) is 5.86. The van der Waals surface area contributed by atoms with Crippen molar-refractivity contribution in [3.8, 4) is 11.1 Å². The van der Waals surface area contributed by atoms with Crippen LogP contribution in [0.25, 0.3) is 11.1 Å². The number of fused-ring (bicyclic) bond motifs is 1. The number of amides is 4. The van der Waals surface area contributed by atoms with Gasteiger partial charge in [0, 0.05) is 18.3 Å². The molecule has 0 fully saturated rings. The van der Waals surface area contributed by atoms with Gasteiger partial charge in [-0.1, -0.05) is 67.6 Å². The lowest BCUT2D eigenvalue weighted by atomic mass is 9.94. The second kappa shape index (κ2) is 11.1. The molecule has 0 spiro atoms. The van der Waals surface area contributed by atoms with E-state index in [4.69, 9.17) is 5.73 Å². The molecule has 8 heteroatoms. The van der Waals surface area contributed by atoms with Crippen molar-refractivity contribution in [2.75, 3.05) is 17.3 Å². The van der Waals surface area contributed by atoms with Crippen LogP contribution in [0.2, 0.25) is 0 Å². The Bertz CT molecular complexity index is 1330. The van der Waals surface area contributed by atoms with Gasteiger partial charge in [-0.2, -0.15) is 0 Å². The molecule has 5 N–H and O–H groups in total. The Morgan fingerprint density at radius 1 is 1.00 bits per heavy atom. The highest BCUT2D eigenvalue weighted by molar-refractivity contribution is 6.01. The van der Waals surface area contributed by atoms with Gasteiger partial charge in [0.05, 0.1) is 17.8 Å². The molecule has 4 amide bonds. The Morgan fingerprint density at radius 2 is 1.66 bits per heavy atom. The smallest absolute Gasteiger partial charge is 0.318 e. The Kier molecular flexibility index (Phi) is 7.83. The maximum atomic E-state index is 13.8. The van der Waals surface area contributed by atoms with Crippen molar-refractivity contribution in [1.82, 2.24) is 10.6 Å². The Balaban J connectivity index is 1.63. The van der Waals surface area contributed by atoms with Crippen molar-refractivity contribution in [1.29, 1.82) is 0 Å². The number of carbonyl (C=O) groups is 3. The molecule has 3 aromatic rings. The first kappa shape index (κ1) is 26.9. The number of benzene rings is 3. The van der Waals surface area contributed by atoms with Gasteiger partial charge in [0.2, 0.25) is 11.8 Å². The van der Waals surface area contributed by atoms with Crippen LogP contribution in [0.5, 0.6) is 0 Å². The number of nitrogens with two attached hydrogens (primary N) is 1. The van der Waals surface area contributed by atoms with Gasteiger partial charge < -0.3 is 26.6 Å². The molecule has 1 heterocycles. The number of para-hydroxylation sites is 2. The highest BCUT2D eigenvalue weighted by Gasteiger charge is 2.36. The molecule has 2 atom stereocenters. The number of nitrogens with zero attached hydrogens (tertiary/aromatic N) is 1. The molecular formula is C30H35N5O3. The number of urea groups is 1. The molecule has 0 radical (unpaired) electrons. The van der Waals surface area contributed by atoms with Crippen molar-refractivity contribution in [2.45, 2.75) is 51.2 Å². The van der Waals surface area contributed by atoms with Crippen LogP contribution >= 0.6 is 0 Å². The molecule has 3 aromatic carbocycles. The molecule has 0 bridgehead atoms. The summed E-state index contributed by atoms with van der Waals surface area (Å²) < 4.78 is 0. The maximum Gasteiger partial charge on any atom is 0.318 e. The van der Waals surface area contributed by atoms with Gasteiger partial charge in [0.25, 0.3) is 0 Å². The average Bonchev–Trinajstić information content (AvgIpc) is 2.99. The summed E-state index contributed by atoms with van der Waals surface area (Å²) in [5, 5.41) is 8.31. The van der Waals surface area contributed by atoms with E-state index in [9.17, 15) is 14.4 Å². The molecule has 4 rings (SSSR count). The van der Waals surface area contributed by atoms with Crippen LogP contribution < -0.4 is 26.6 Å². The second-order valence-electron chi connectivity index (χ2n) is 10.3. The third-order valence-corrected chi connectivity index (χ3v) is 6.81. The monoisotopic (exact) mass is 513 g/mol. The molecule has 198 valence electrons. The lowest BCUT2D eigenvalue weighted by Gasteiger charge is -2.28. The van der Waals surface area contributed by atoms with E-state index in [-0.39, 0.29) is 23.8 Å². The average molecular weight is 514 g/mol. The largest absolute Gasteiger partial charge is 0.343 e. The van der Waals surface area contributed by atoms with Crippen molar-refractivity contribution in [3.63, 3.8) is 0 Å². The van der Waals surface area contributed by atoms with E-state index < -0.39 is 11.6 Å². The number of hydrogen-bond donors (Lipinski definition) is 4. The van der Waals surface area contributed by atoms with Gasteiger partial charge in [-0.3, -0.25) is 9.59 Å². The molecule has 0 aliphatic carbocycles. The molecule has 0 saturated carbocycles. The van der Waals surface area contributed by atoms with Gasteiger partial charge >= 0.3 is 6.03 Å². The lowest BCUT2D eigenvalue weighted by molar-refractivity contribution is -0.130. The quantitative estimate of drug-likeness (QED) is 0.392. The Labute approximate surface area is 223 Å². The molecule has 0 saturated heterocycles. The van der Waals surface area contributed by atoms with E-state index in [1.807, 2.05) is 72.8 Å². The number of hydrogen-bond acceptors (Lipinski definition) is 4. The minimum atomic E-state index is -1.09. The zero-order valence-electron chi connectivity index (χ0n) is 22.2. The number of rotatable bonds is 6. The summed E-state index contributed by atoms with van der Waals surface area (Å²) >= 11 is 0. The molecule has 8 nitrogen and oxygen atoms in total. The fraction of sp³-hybridized carbons (Fsp3) is 0.300. The first-order valence-corrected chi connectivity index (χ1v) is 12.8. The van der Waals surface area contributed by atoms with Crippen molar-refractivity contribution in [2.24, 2.45) is 5.73 Å². The Morgan fingerprint density at radius 3 is 2.34 bits per heavy atom. The highest BCUT2D eigenvalue weighted by Crippen LogP contribution is 2.36. The van der Waals surface area contributed by atoms with Gasteiger partial charge in [-0.15, -0.1) is 0 Å². The van der Waals surface area contributed by atoms with Crippen LogP contribution in [0, 0.1) is 0 Å². The summed E-state index contributed by atoms with van der Waals surface area (Å²) in [6, 6.07) is 22.4. The maximum absolute atomic E-state index is 13.8. The molecule has 1 aliphatic heterocycles. The summed E-state index contributed by atoms with van der Waals surface area (Å²) in [7, 11) is 1.57.